The van der Waals surface area contributed by atoms with Gasteiger partial charge in [0, 0.05) is 46.3 Å². The van der Waals surface area contributed by atoms with Crippen molar-refractivity contribution in [3.8, 4) is 0 Å². The van der Waals surface area contributed by atoms with E-state index in [4.69, 9.17) is 34.8 Å². The molecule has 0 aliphatic heterocycles. The van der Waals surface area contributed by atoms with Crippen LogP contribution in [0.1, 0.15) is 22.4 Å². The molecule has 1 N–H and O–H groups in total. The molecule has 5 nitrogen and oxygen atoms in total. The van der Waals surface area contributed by atoms with Crippen molar-refractivity contribution in [3.63, 3.8) is 0 Å². The Morgan fingerprint density at radius 1 is 1.12 bits per heavy atom. The Labute approximate surface area is 206 Å². The van der Waals surface area contributed by atoms with Gasteiger partial charge >= 0.3 is 0 Å². The molecular formula is C23H22Cl3N3O2S. The van der Waals surface area contributed by atoms with E-state index in [0.29, 0.717) is 50.9 Å². The average Bonchev–Trinajstić information content (AvgIpc) is 2.74. The van der Waals surface area contributed by atoms with Crippen LogP contribution in [0.5, 0.6) is 0 Å². The van der Waals surface area contributed by atoms with E-state index in [1.807, 2.05) is 24.3 Å². The highest BCUT2D eigenvalue weighted by Crippen LogP contribution is 2.21. The minimum Gasteiger partial charge on any atom is -0.355 e. The van der Waals surface area contributed by atoms with Gasteiger partial charge in [0.25, 0.3) is 5.56 Å². The summed E-state index contributed by atoms with van der Waals surface area (Å²) >= 11 is 19.3. The Kier molecular flexibility index (Phi) is 8.65. The van der Waals surface area contributed by atoms with E-state index in [1.165, 1.54) is 16.3 Å². The lowest BCUT2D eigenvalue weighted by Gasteiger charge is -2.12. The summed E-state index contributed by atoms with van der Waals surface area (Å²) in [5.41, 5.74) is 2.99. The molecule has 2 aromatic carbocycles. The first-order valence-corrected chi connectivity index (χ1v) is 12.0. The van der Waals surface area contributed by atoms with Gasteiger partial charge in [-0.2, -0.15) is 0 Å². The first-order valence-electron chi connectivity index (χ1n) is 9.89. The van der Waals surface area contributed by atoms with E-state index in [-0.39, 0.29) is 17.2 Å². The van der Waals surface area contributed by atoms with Crippen molar-refractivity contribution in [2.24, 2.45) is 7.05 Å². The molecule has 0 radical (unpaired) electrons. The number of aromatic nitrogens is 2. The molecule has 0 fully saturated rings. The monoisotopic (exact) mass is 509 g/mol. The highest BCUT2D eigenvalue weighted by molar-refractivity contribution is 7.99. The zero-order valence-corrected chi connectivity index (χ0v) is 20.7. The molecule has 0 unspecified atom stereocenters. The molecule has 0 atom stereocenters. The van der Waals surface area contributed by atoms with Crippen molar-refractivity contribution >= 4 is 52.5 Å². The van der Waals surface area contributed by atoms with Crippen molar-refractivity contribution in [1.82, 2.24) is 14.9 Å². The third kappa shape index (κ3) is 6.51. The van der Waals surface area contributed by atoms with Gasteiger partial charge in [-0.15, -0.1) is 0 Å². The number of benzene rings is 2. The number of rotatable bonds is 8. The molecule has 3 rings (SSSR count). The van der Waals surface area contributed by atoms with Crippen LogP contribution < -0.4 is 10.9 Å². The molecule has 168 valence electrons. The number of amides is 1. The van der Waals surface area contributed by atoms with Crippen LogP contribution >= 0.6 is 46.6 Å². The lowest BCUT2D eigenvalue weighted by atomic mass is 10.1. The smallest absolute Gasteiger partial charge is 0.257 e. The number of thioether (sulfide) groups is 1. The van der Waals surface area contributed by atoms with Crippen LogP contribution in [0, 0.1) is 6.92 Å². The predicted octanol–water partition coefficient (Wildman–Crippen LogP) is 5.09. The highest BCUT2D eigenvalue weighted by atomic mass is 35.5. The van der Waals surface area contributed by atoms with Crippen LogP contribution in [0.2, 0.25) is 15.1 Å². The van der Waals surface area contributed by atoms with E-state index < -0.39 is 0 Å². The fraction of sp³-hybridized carbons (Fsp3) is 0.261. The predicted molar refractivity (Wildman–Crippen MR) is 132 cm³/mol. The fourth-order valence-electron chi connectivity index (χ4n) is 3.16. The second kappa shape index (κ2) is 11.2. The first-order chi connectivity index (χ1) is 15.2. The third-order valence-corrected chi connectivity index (χ3v) is 6.74. The molecular weight excluding hydrogens is 489 g/mol. The summed E-state index contributed by atoms with van der Waals surface area (Å²) in [5.74, 6) is 0.0109. The van der Waals surface area contributed by atoms with E-state index >= 15 is 0 Å². The molecule has 0 bridgehead atoms. The van der Waals surface area contributed by atoms with Gasteiger partial charge in [-0.1, -0.05) is 64.8 Å². The number of nitrogens with zero attached hydrogens (tertiary/aromatic N) is 2. The zero-order chi connectivity index (χ0) is 23.3. The molecule has 0 saturated heterocycles. The number of hydrogen-bond donors (Lipinski definition) is 1. The second-order valence-corrected chi connectivity index (χ2v) is 9.48. The van der Waals surface area contributed by atoms with Crippen LogP contribution in [0.3, 0.4) is 0 Å². The first kappa shape index (κ1) is 24.6. The summed E-state index contributed by atoms with van der Waals surface area (Å²) in [7, 11) is 1.67. The van der Waals surface area contributed by atoms with Crippen molar-refractivity contribution in [2.75, 3.05) is 12.3 Å². The number of carbonyl (C=O) groups is 1. The lowest BCUT2D eigenvalue weighted by Crippen LogP contribution is -2.29. The Morgan fingerprint density at radius 2 is 1.88 bits per heavy atom. The maximum atomic E-state index is 12.9. The van der Waals surface area contributed by atoms with Crippen molar-refractivity contribution < 1.29 is 4.79 Å². The molecule has 1 heterocycles. The summed E-state index contributed by atoms with van der Waals surface area (Å²) in [6.07, 6.45) is 1.05. The molecule has 0 saturated carbocycles. The second-order valence-electron chi connectivity index (χ2n) is 7.25. The molecule has 1 aromatic heterocycles. The topological polar surface area (TPSA) is 64.0 Å². The minimum absolute atomic E-state index is 0.127. The highest BCUT2D eigenvalue weighted by Gasteiger charge is 2.14. The van der Waals surface area contributed by atoms with Crippen LogP contribution in [-0.2, 0) is 24.7 Å². The van der Waals surface area contributed by atoms with Gasteiger partial charge < -0.3 is 5.32 Å². The van der Waals surface area contributed by atoms with E-state index in [0.717, 1.165) is 11.1 Å². The normalized spacial score (nSPS) is 10.9. The maximum absolute atomic E-state index is 12.9. The third-order valence-electron chi connectivity index (χ3n) is 4.88. The van der Waals surface area contributed by atoms with E-state index in [2.05, 4.69) is 10.3 Å². The van der Waals surface area contributed by atoms with Gasteiger partial charge in [-0.25, -0.2) is 4.98 Å². The zero-order valence-electron chi connectivity index (χ0n) is 17.6. The minimum atomic E-state index is -0.144. The van der Waals surface area contributed by atoms with Gasteiger partial charge in [0.2, 0.25) is 5.91 Å². The number of halogens is 3. The van der Waals surface area contributed by atoms with Crippen LogP contribution in [0.15, 0.2) is 52.4 Å². The van der Waals surface area contributed by atoms with Crippen LogP contribution in [0.25, 0.3) is 0 Å². The Balaban J connectivity index is 1.58. The summed E-state index contributed by atoms with van der Waals surface area (Å²) in [6, 6.07) is 12.7. The summed E-state index contributed by atoms with van der Waals surface area (Å²) < 4.78 is 1.48. The average molecular weight is 511 g/mol. The Morgan fingerprint density at radius 3 is 2.59 bits per heavy atom. The molecule has 3 aromatic rings. The quantitative estimate of drug-likeness (QED) is 0.339. The van der Waals surface area contributed by atoms with Gasteiger partial charge in [0.1, 0.15) is 0 Å². The molecule has 32 heavy (non-hydrogen) atoms. The Hall–Kier alpha value is -1.99. The number of aryl methyl sites for hydroxylation is 1. The SMILES string of the molecule is Cc1nc(SCC(=O)NCCc2ccc(Cl)cc2Cl)n(C)c(=O)c1Cc1cccc(Cl)c1. The van der Waals surface area contributed by atoms with Crippen LogP contribution in [0.4, 0.5) is 0 Å². The standard InChI is InChI=1S/C23H22Cl3N3O2S/c1-14-19(11-15-4-3-5-17(24)10-15)22(31)29(2)23(28-14)32-13-21(30)27-9-8-16-6-7-18(25)12-20(16)26/h3-7,10,12H,8-9,11,13H2,1-2H3,(H,27,30). The van der Waals surface area contributed by atoms with Gasteiger partial charge in [0.05, 0.1) is 5.75 Å². The van der Waals surface area contributed by atoms with E-state index in [9.17, 15) is 9.59 Å². The molecule has 0 aliphatic carbocycles. The Bertz CT molecular complexity index is 1200. The molecule has 0 spiro atoms. The van der Waals surface area contributed by atoms with Gasteiger partial charge in [-0.3, -0.25) is 14.2 Å². The molecule has 0 aliphatic rings. The van der Waals surface area contributed by atoms with Crippen molar-refractivity contribution in [3.05, 3.63) is 90.3 Å². The van der Waals surface area contributed by atoms with Gasteiger partial charge in [-0.05, 0) is 48.7 Å². The molecule has 9 heteroatoms. The largest absolute Gasteiger partial charge is 0.355 e. The van der Waals surface area contributed by atoms with Crippen molar-refractivity contribution in [1.29, 1.82) is 0 Å². The number of nitrogens with one attached hydrogen (secondary N) is 1. The van der Waals surface area contributed by atoms with Crippen LogP contribution in [-0.4, -0.2) is 27.8 Å². The van der Waals surface area contributed by atoms with E-state index in [1.54, 1.807) is 32.2 Å². The number of hydrogen-bond acceptors (Lipinski definition) is 4. The maximum Gasteiger partial charge on any atom is 0.257 e. The van der Waals surface area contributed by atoms with Crippen molar-refractivity contribution in [2.45, 2.75) is 24.9 Å². The lowest BCUT2D eigenvalue weighted by molar-refractivity contribution is -0.118. The summed E-state index contributed by atoms with van der Waals surface area (Å²) in [5, 5.41) is 5.14. The number of carbonyl (C=O) groups excluding carboxylic acids is 1. The fourth-order valence-corrected chi connectivity index (χ4v) is 4.71. The summed E-state index contributed by atoms with van der Waals surface area (Å²) in [4.78, 5) is 29.7. The van der Waals surface area contributed by atoms with Gasteiger partial charge in [0.15, 0.2) is 5.16 Å². The molecule has 1 amide bonds. The summed E-state index contributed by atoms with van der Waals surface area (Å²) in [6.45, 7) is 2.26.